The van der Waals surface area contributed by atoms with Gasteiger partial charge in [-0.3, -0.25) is 9.97 Å². The fraction of sp³-hybridized carbons (Fsp3) is 0.556. The van der Waals surface area contributed by atoms with E-state index in [1.807, 2.05) is 0 Å². The van der Waals surface area contributed by atoms with Crippen LogP contribution in [-0.4, -0.2) is 95.1 Å². The summed E-state index contributed by atoms with van der Waals surface area (Å²) < 4.78 is 0. The second-order valence-electron chi connectivity index (χ2n) is 11.5. The average molecular weight is 635 g/mol. The van der Waals surface area contributed by atoms with Crippen LogP contribution in [0.25, 0.3) is 32.6 Å². The van der Waals surface area contributed by atoms with Gasteiger partial charge >= 0.3 is 0 Å². The lowest BCUT2D eigenvalue weighted by molar-refractivity contribution is 0.324. The van der Waals surface area contributed by atoms with E-state index in [-0.39, 0.29) is 0 Å². The molecule has 2 aromatic heterocycles. The molecular formula is C36H54N6S2. The van der Waals surface area contributed by atoms with Crippen LogP contribution in [0.3, 0.4) is 0 Å². The summed E-state index contributed by atoms with van der Waals surface area (Å²) in [5.74, 6) is 4.78. The normalized spacial score (nSPS) is 11.9. The highest BCUT2D eigenvalue weighted by Gasteiger charge is 2.13. The van der Waals surface area contributed by atoms with Crippen LogP contribution >= 0.6 is 23.5 Å². The molecule has 44 heavy (non-hydrogen) atoms. The molecule has 0 aliphatic carbocycles. The van der Waals surface area contributed by atoms with E-state index in [1.54, 1.807) is 0 Å². The monoisotopic (exact) mass is 634 g/mol. The number of rotatable bonds is 20. The maximum Gasteiger partial charge on any atom is 0.0805 e. The van der Waals surface area contributed by atoms with Crippen molar-refractivity contribution < 1.29 is 0 Å². The topological polar surface area (TPSA) is 56.3 Å². The third kappa shape index (κ3) is 9.38. The van der Waals surface area contributed by atoms with E-state index in [0.29, 0.717) is 0 Å². The van der Waals surface area contributed by atoms with Crippen molar-refractivity contribution in [2.24, 2.45) is 0 Å². The molecule has 4 aromatic rings. The quantitative estimate of drug-likeness (QED) is 0.0744. The summed E-state index contributed by atoms with van der Waals surface area (Å²) in [6.45, 7) is 22.0. The van der Waals surface area contributed by atoms with E-state index in [2.05, 4.69) is 122 Å². The zero-order chi connectivity index (χ0) is 31.3. The Balaban J connectivity index is 1.42. The largest absolute Gasteiger partial charge is 0.384 e. The van der Waals surface area contributed by atoms with Crippen LogP contribution in [0.15, 0.2) is 36.4 Å². The number of fused-ring (bicyclic) bond motifs is 5. The summed E-state index contributed by atoms with van der Waals surface area (Å²) >= 11 is 4.12. The zero-order valence-electron chi connectivity index (χ0n) is 28.0. The Labute approximate surface area is 274 Å². The molecule has 0 aliphatic rings. The third-order valence-corrected chi connectivity index (χ3v) is 10.6. The van der Waals surface area contributed by atoms with Gasteiger partial charge in [0.15, 0.2) is 0 Å². The number of aromatic nitrogens is 2. The van der Waals surface area contributed by atoms with Crippen LogP contribution in [-0.2, 0) is 0 Å². The van der Waals surface area contributed by atoms with Crippen LogP contribution in [0.4, 0.5) is 11.4 Å². The summed E-state index contributed by atoms with van der Waals surface area (Å²) in [4.78, 5) is 15.0. The van der Waals surface area contributed by atoms with Gasteiger partial charge in [0.25, 0.3) is 0 Å². The minimum atomic E-state index is 0.969. The van der Waals surface area contributed by atoms with Crippen molar-refractivity contribution in [2.75, 3.05) is 86.0 Å². The Hall–Kier alpha value is -2.26. The Bertz CT molecular complexity index is 1360. The first-order valence-corrected chi connectivity index (χ1v) is 19.0. The molecule has 2 aromatic carbocycles. The van der Waals surface area contributed by atoms with Crippen LogP contribution < -0.4 is 10.6 Å². The highest BCUT2D eigenvalue weighted by Crippen LogP contribution is 2.35. The molecule has 2 heterocycles. The molecule has 0 atom stereocenters. The van der Waals surface area contributed by atoms with Crippen molar-refractivity contribution in [1.29, 1.82) is 0 Å². The minimum Gasteiger partial charge on any atom is -0.384 e. The van der Waals surface area contributed by atoms with Crippen molar-refractivity contribution in [3.05, 3.63) is 47.8 Å². The standard InChI is InChI=1S/C36H54N6S2/c1-7-41(8-2)19-23-43-21-11-17-37-33-25-27(5)39-35-29-14-16-32-34(38-18-12-22-44-24-20-42(9-3)10-4)26-28(6)40-36(32)30(29)13-15-31(33)35/h13-16,25-26H,7-12,17-24H2,1-6H3,(H,37,39)(H,38,40). The van der Waals surface area contributed by atoms with E-state index >= 15 is 0 Å². The molecular weight excluding hydrogens is 581 g/mol. The van der Waals surface area contributed by atoms with Crippen molar-refractivity contribution >= 4 is 67.5 Å². The van der Waals surface area contributed by atoms with E-state index in [1.165, 1.54) is 69.0 Å². The van der Waals surface area contributed by atoms with Crippen molar-refractivity contribution in [3.8, 4) is 0 Å². The number of nitrogens with one attached hydrogen (secondary N) is 2. The fourth-order valence-corrected chi connectivity index (χ4v) is 7.68. The SMILES string of the molecule is CCN(CC)CCSCCCNc1cc(C)nc2c1ccc1c2ccc2c(NCCCSCCN(CC)CC)cc(C)nc21. The average Bonchev–Trinajstić information content (AvgIpc) is 3.03. The van der Waals surface area contributed by atoms with Crippen LogP contribution in [0, 0.1) is 13.8 Å². The van der Waals surface area contributed by atoms with Crippen LogP contribution in [0.2, 0.25) is 0 Å². The van der Waals surface area contributed by atoms with E-state index < -0.39 is 0 Å². The van der Waals surface area contributed by atoms with Gasteiger partial charge in [0.2, 0.25) is 0 Å². The highest BCUT2D eigenvalue weighted by atomic mass is 32.2. The molecule has 0 bridgehead atoms. The minimum absolute atomic E-state index is 0.969. The van der Waals surface area contributed by atoms with E-state index in [0.717, 1.165) is 74.5 Å². The van der Waals surface area contributed by atoms with Gasteiger partial charge in [-0.05, 0) is 76.5 Å². The van der Waals surface area contributed by atoms with Gasteiger partial charge in [0.05, 0.1) is 11.0 Å². The molecule has 8 heteroatoms. The van der Waals surface area contributed by atoms with Gasteiger partial charge in [0.1, 0.15) is 0 Å². The van der Waals surface area contributed by atoms with Gasteiger partial charge in [-0.2, -0.15) is 23.5 Å². The van der Waals surface area contributed by atoms with Gasteiger partial charge < -0.3 is 20.4 Å². The first-order chi connectivity index (χ1) is 21.5. The highest BCUT2D eigenvalue weighted by molar-refractivity contribution is 7.99. The number of nitrogens with zero attached hydrogens (tertiary/aromatic N) is 4. The molecule has 240 valence electrons. The number of hydrogen-bond donors (Lipinski definition) is 2. The summed E-state index contributed by atoms with van der Waals surface area (Å²) in [7, 11) is 0. The number of benzene rings is 2. The van der Waals surface area contributed by atoms with E-state index in [9.17, 15) is 0 Å². The summed E-state index contributed by atoms with van der Waals surface area (Å²) in [6.07, 6.45) is 2.30. The Morgan fingerprint density at radius 2 is 0.955 bits per heavy atom. The van der Waals surface area contributed by atoms with Crippen molar-refractivity contribution in [1.82, 2.24) is 19.8 Å². The van der Waals surface area contributed by atoms with Crippen LogP contribution in [0.5, 0.6) is 0 Å². The first kappa shape index (κ1) is 34.6. The lowest BCUT2D eigenvalue weighted by Crippen LogP contribution is -2.25. The first-order valence-electron chi connectivity index (χ1n) is 16.7. The zero-order valence-corrected chi connectivity index (χ0v) is 29.6. The number of thioether (sulfide) groups is 2. The third-order valence-electron chi connectivity index (χ3n) is 8.46. The lowest BCUT2D eigenvalue weighted by Gasteiger charge is -2.17. The molecule has 4 rings (SSSR count). The Kier molecular flexibility index (Phi) is 14.2. The summed E-state index contributed by atoms with van der Waals surface area (Å²) in [5, 5.41) is 12.2. The van der Waals surface area contributed by atoms with E-state index in [4.69, 9.17) is 9.97 Å². The smallest absolute Gasteiger partial charge is 0.0805 e. The van der Waals surface area contributed by atoms with Gasteiger partial charge in [-0.25, -0.2) is 0 Å². The predicted molar refractivity (Wildman–Crippen MR) is 200 cm³/mol. The molecule has 0 amide bonds. The molecule has 6 nitrogen and oxygen atoms in total. The number of anilines is 2. The second kappa shape index (κ2) is 18.0. The van der Waals surface area contributed by atoms with Crippen LogP contribution in [0.1, 0.15) is 51.9 Å². The Morgan fingerprint density at radius 3 is 1.34 bits per heavy atom. The number of aryl methyl sites for hydroxylation is 2. The molecule has 0 saturated carbocycles. The maximum atomic E-state index is 5.03. The molecule has 0 aliphatic heterocycles. The van der Waals surface area contributed by atoms with Gasteiger partial charge in [-0.15, -0.1) is 0 Å². The van der Waals surface area contributed by atoms with Crippen molar-refractivity contribution in [2.45, 2.75) is 54.4 Å². The van der Waals surface area contributed by atoms with Gasteiger partial charge in [0, 0.05) is 82.0 Å². The molecule has 0 radical (unpaired) electrons. The summed E-state index contributed by atoms with van der Waals surface area (Å²) in [6, 6.07) is 13.3. The number of pyridine rings is 2. The molecule has 0 fully saturated rings. The Morgan fingerprint density at radius 1 is 0.568 bits per heavy atom. The maximum absolute atomic E-state index is 5.03. The molecule has 0 unspecified atom stereocenters. The lowest BCUT2D eigenvalue weighted by atomic mass is 10.0. The predicted octanol–water partition coefficient (Wildman–Crippen LogP) is 8.31. The summed E-state index contributed by atoms with van der Waals surface area (Å²) in [5.41, 5.74) is 6.54. The fourth-order valence-electron chi connectivity index (χ4n) is 5.80. The number of hydrogen-bond acceptors (Lipinski definition) is 8. The second-order valence-corrected chi connectivity index (χ2v) is 13.9. The molecule has 2 N–H and O–H groups in total. The molecule has 0 saturated heterocycles. The van der Waals surface area contributed by atoms with Gasteiger partial charge in [-0.1, -0.05) is 52.0 Å². The van der Waals surface area contributed by atoms with Crippen molar-refractivity contribution in [3.63, 3.8) is 0 Å². The molecule has 0 spiro atoms.